The zero-order valence-corrected chi connectivity index (χ0v) is 20.8. The van der Waals surface area contributed by atoms with Crippen LogP contribution in [-0.2, 0) is 36.8 Å². The molecule has 0 fully saturated rings. The number of benzene rings is 2. The molecule has 4 aromatic rings. The summed E-state index contributed by atoms with van der Waals surface area (Å²) >= 11 is 0. The summed E-state index contributed by atoms with van der Waals surface area (Å²) in [6, 6.07) is 10.1. The number of hydrogen-bond acceptors (Lipinski definition) is 5. The first-order valence-electron chi connectivity index (χ1n) is 12.2. The Hall–Kier alpha value is -4.41. The molecule has 0 aliphatic heterocycles. The van der Waals surface area contributed by atoms with Crippen molar-refractivity contribution in [3.8, 4) is 5.75 Å². The van der Waals surface area contributed by atoms with E-state index in [1.165, 1.54) is 18.4 Å². The van der Waals surface area contributed by atoms with E-state index in [2.05, 4.69) is 9.97 Å². The Kier molecular flexibility index (Phi) is 8.80. The number of carbonyl (C=O) groups excluding carboxylic acids is 1. The highest BCUT2D eigenvalue weighted by molar-refractivity contribution is 5.75. The zero-order chi connectivity index (χ0) is 27.8. The third-order valence-corrected chi connectivity index (χ3v) is 5.84. The molecule has 204 valence electrons. The van der Waals surface area contributed by atoms with Crippen molar-refractivity contribution in [3.05, 3.63) is 101 Å². The van der Waals surface area contributed by atoms with E-state index in [1.807, 2.05) is 28.8 Å². The van der Waals surface area contributed by atoms with Crippen LogP contribution in [-0.4, -0.2) is 27.0 Å². The summed E-state index contributed by atoms with van der Waals surface area (Å²) in [5.41, 5.74) is 5.96. The fourth-order valence-corrected chi connectivity index (χ4v) is 3.83. The van der Waals surface area contributed by atoms with Gasteiger partial charge in [-0.1, -0.05) is 18.2 Å². The fraction of sp³-hybridized carbons (Fsp3) is 0.250. The lowest BCUT2D eigenvalue weighted by molar-refractivity contribution is -0.137. The number of alkyl halides is 3. The maximum Gasteiger partial charge on any atom is 0.416 e. The number of imidazole rings is 1. The molecule has 2 heterocycles. The summed E-state index contributed by atoms with van der Waals surface area (Å²) in [5, 5.41) is 0. The van der Waals surface area contributed by atoms with Gasteiger partial charge in [0.2, 0.25) is 11.8 Å². The SMILES string of the molecule is NC(=O)Cc1nccn1CCCOc1ccc(CCc2coc(/C=C/c3ccc(C(F)(F)F)cc3F)n2)cc1. The van der Waals surface area contributed by atoms with Gasteiger partial charge in [-0.2, -0.15) is 13.2 Å². The number of amides is 1. The van der Waals surface area contributed by atoms with Gasteiger partial charge in [-0.05, 0) is 55.2 Å². The third-order valence-electron chi connectivity index (χ3n) is 5.84. The molecule has 0 bridgehead atoms. The Morgan fingerprint density at radius 2 is 1.90 bits per heavy atom. The highest BCUT2D eigenvalue weighted by Crippen LogP contribution is 2.30. The molecule has 0 aliphatic rings. The average molecular weight is 543 g/mol. The number of aromatic nitrogens is 3. The van der Waals surface area contributed by atoms with E-state index in [0.717, 1.165) is 29.9 Å². The number of halogens is 4. The summed E-state index contributed by atoms with van der Waals surface area (Å²) < 4.78 is 65.1. The molecule has 0 saturated carbocycles. The number of primary amides is 1. The number of ether oxygens (including phenoxy) is 1. The minimum atomic E-state index is -4.60. The van der Waals surface area contributed by atoms with Crippen LogP contribution in [0.4, 0.5) is 17.6 Å². The van der Waals surface area contributed by atoms with Gasteiger partial charge < -0.3 is 19.5 Å². The van der Waals surface area contributed by atoms with Crippen LogP contribution in [0, 0.1) is 5.82 Å². The lowest BCUT2D eigenvalue weighted by Crippen LogP contribution is -2.17. The Morgan fingerprint density at radius 3 is 2.62 bits per heavy atom. The van der Waals surface area contributed by atoms with Crippen molar-refractivity contribution >= 4 is 18.1 Å². The molecule has 0 saturated heterocycles. The normalized spacial score (nSPS) is 11.8. The summed E-state index contributed by atoms with van der Waals surface area (Å²) in [6.07, 6.45) is 5.20. The topological polar surface area (TPSA) is 96.2 Å². The van der Waals surface area contributed by atoms with Crippen LogP contribution >= 0.6 is 0 Å². The molecule has 39 heavy (non-hydrogen) atoms. The maximum absolute atomic E-state index is 14.0. The number of nitrogens with two attached hydrogens (primary N) is 1. The van der Waals surface area contributed by atoms with Crippen molar-refractivity contribution in [3.63, 3.8) is 0 Å². The number of hydrogen-bond donors (Lipinski definition) is 1. The van der Waals surface area contributed by atoms with E-state index in [9.17, 15) is 22.4 Å². The molecule has 0 spiro atoms. The number of nitrogens with zero attached hydrogens (tertiary/aromatic N) is 3. The minimum absolute atomic E-state index is 0.000351. The molecule has 2 N–H and O–H groups in total. The Bertz CT molecular complexity index is 1430. The van der Waals surface area contributed by atoms with E-state index in [0.29, 0.717) is 43.6 Å². The van der Waals surface area contributed by atoms with Gasteiger partial charge in [0.15, 0.2) is 0 Å². The largest absolute Gasteiger partial charge is 0.494 e. The highest BCUT2D eigenvalue weighted by Gasteiger charge is 2.31. The van der Waals surface area contributed by atoms with E-state index in [1.54, 1.807) is 12.4 Å². The second-order valence-corrected chi connectivity index (χ2v) is 8.77. The van der Waals surface area contributed by atoms with Crippen molar-refractivity contribution in [2.75, 3.05) is 6.61 Å². The fourth-order valence-electron chi connectivity index (χ4n) is 3.83. The van der Waals surface area contributed by atoms with Crippen LogP contribution in [0.15, 0.2) is 65.5 Å². The van der Waals surface area contributed by atoms with Gasteiger partial charge in [0, 0.05) is 30.6 Å². The van der Waals surface area contributed by atoms with Crippen LogP contribution in [0.2, 0.25) is 0 Å². The van der Waals surface area contributed by atoms with E-state index in [-0.39, 0.29) is 17.9 Å². The van der Waals surface area contributed by atoms with Crippen molar-refractivity contribution in [2.24, 2.45) is 5.73 Å². The first kappa shape index (κ1) is 27.6. The molecule has 0 radical (unpaired) electrons. The average Bonchev–Trinajstić information content (AvgIpc) is 3.53. The number of oxazole rings is 1. The molecule has 2 aromatic heterocycles. The summed E-state index contributed by atoms with van der Waals surface area (Å²) in [5.74, 6) is 0.201. The first-order valence-corrected chi connectivity index (χ1v) is 12.2. The Balaban J connectivity index is 1.21. The zero-order valence-electron chi connectivity index (χ0n) is 20.8. The first-order chi connectivity index (χ1) is 18.7. The highest BCUT2D eigenvalue weighted by atomic mass is 19.4. The molecule has 2 aromatic carbocycles. The smallest absolute Gasteiger partial charge is 0.416 e. The summed E-state index contributed by atoms with van der Waals surface area (Å²) in [7, 11) is 0. The lowest BCUT2D eigenvalue weighted by atomic mass is 10.1. The lowest BCUT2D eigenvalue weighted by Gasteiger charge is -2.09. The van der Waals surface area contributed by atoms with Gasteiger partial charge in [0.25, 0.3) is 0 Å². The van der Waals surface area contributed by atoms with E-state index in [4.69, 9.17) is 14.9 Å². The predicted octanol–water partition coefficient (Wildman–Crippen LogP) is 5.48. The van der Waals surface area contributed by atoms with Crippen molar-refractivity contribution < 1.29 is 31.5 Å². The van der Waals surface area contributed by atoms with Gasteiger partial charge in [-0.25, -0.2) is 14.4 Å². The van der Waals surface area contributed by atoms with Crippen molar-refractivity contribution in [1.82, 2.24) is 14.5 Å². The minimum Gasteiger partial charge on any atom is -0.494 e. The van der Waals surface area contributed by atoms with Crippen molar-refractivity contribution in [2.45, 2.75) is 38.4 Å². The molecule has 7 nitrogen and oxygen atoms in total. The number of carbonyl (C=O) groups is 1. The van der Waals surface area contributed by atoms with Gasteiger partial charge in [-0.3, -0.25) is 4.79 Å². The molecular weight excluding hydrogens is 516 g/mol. The standard InChI is InChI=1S/C28H26F4N4O3/c29-24-16-21(28(30,31)32)7-5-20(24)6-11-27-35-22(18-39-27)8-2-19-3-9-23(10-4-19)38-15-1-13-36-14-12-34-26(36)17-25(33)37/h3-7,9-12,14,16,18H,1-2,8,13,15,17H2,(H2,33,37)/b11-6+. The predicted molar refractivity (Wildman–Crippen MR) is 136 cm³/mol. The van der Waals surface area contributed by atoms with Gasteiger partial charge in [-0.15, -0.1) is 0 Å². The van der Waals surface area contributed by atoms with Crippen LogP contribution in [0.5, 0.6) is 5.75 Å². The van der Waals surface area contributed by atoms with Crippen molar-refractivity contribution in [1.29, 1.82) is 0 Å². The molecule has 0 atom stereocenters. The Morgan fingerprint density at radius 1 is 1.10 bits per heavy atom. The molecule has 1 amide bonds. The van der Waals surface area contributed by atoms with Gasteiger partial charge >= 0.3 is 6.18 Å². The van der Waals surface area contributed by atoms with Crippen LogP contribution in [0.25, 0.3) is 12.2 Å². The second kappa shape index (κ2) is 12.4. The maximum atomic E-state index is 14.0. The van der Waals surface area contributed by atoms with E-state index < -0.39 is 23.5 Å². The van der Waals surface area contributed by atoms with Crippen LogP contribution < -0.4 is 10.5 Å². The van der Waals surface area contributed by atoms with Crippen LogP contribution in [0.1, 0.15) is 40.5 Å². The third kappa shape index (κ3) is 8.03. The quantitative estimate of drug-likeness (QED) is 0.189. The molecular formula is C28H26F4N4O3. The summed E-state index contributed by atoms with van der Waals surface area (Å²) in [6.45, 7) is 1.16. The second-order valence-electron chi connectivity index (χ2n) is 8.77. The molecule has 11 heteroatoms. The monoisotopic (exact) mass is 542 g/mol. The summed E-state index contributed by atoms with van der Waals surface area (Å²) in [4.78, 5) is 19.6. The molecule has 0 unspecified atom stereocenters. The molecule has 0 aliphatic carbocycles. The number of rotatable bonds is 12. The van der Waals surface area contributed by atoms with E-state index >= 15 is 0 Å². The van der Waals surface area contributed by atoms with Crippen LogP contribution in [0.3, 0.4) is 0 Å². The molecule has 4 rings (SSSR count). The number of aryl methyl sites for hydroxylation is 3. The van der Waals surface area contributed by atoms with Gasteiger partial charge in [0.05, 0.1) is 24.3 Å². The van der Waals surface area contributed by atoms with Gasteiger partial charge in [0.1, 0.15) is 23.7 Å². The Labute approximate surface area is 221 Å².